The Kier molecular flexibility index (Phi) is 3.33. The van der Waals surface area contributed by atoms with Crippen molar-refractivity contribution in [2.45, 2.75) is 39.5 Å². The van der Waals surface area contributed by atoms with E-state index in [1.54, 1.807) is 11.1 Å². The highest BCUT2D eigenvalue weighted by Crippen LogP contribution is 2.60. The Morgan fingerprint density at radius 2 is 1.12 bits per heavy atom. The zero-order valence-electron chi connectivity index (χ0n) is 13.9. The molecular formula is C20H16Br2S2. The fraction of sp³-hybridized carbons (Fsp3) is 0.300. The van der Waals surface area contributed by atoms with Crippen LogP contribution in [0.1, 0.15) is 59.1 Å². The minimum Gasteiger partial charge on any atom is -0.128 e. The summed E-state index contributed by atoms with van der Waals surface area (Å²) in [6.07, 6.45) is 0. The van der Waals surface area contributed by atoms with Gasteiger partial charge in [-0.1, -0.05) is 13.8 Å². The normalized spacial score (nSPS) is 20.1. The van der Waals surface area contributed by atoms with Gasteiger partial charge in [-0.25, -0.2) is 0 Å². The summed E-state index contributed by atoms with van der Waals surface area (Å²) in [5, 5.41) is 0. The fourth-order valence-electron chi connectivity index (χ4n) is 4.81. The maximum Gasteiger partial charge on any atom is 0.0708 e. The third-order valence-electron chi connectivity index (χ3n) is 5.81. The van der Waals surface area contributed by atoms with E-state index in [1.807, 2.05) is 22.7 Å². The summed E-state index contributed by atoms with van der Waals surface area (Å²) in [5.74, 6) is 0.980. The molecule has 122 valence electrons. The van der Waals surface area contributed by atoms with E-state index in [0.717, 1.165) is 0 Å². The SMILES string of the molecule is Cc1c2c(c(C)c3c1C(C)c1cc(Br)sc1-3)C(C)c1cc(Br)sc1-2. The number of hydrogen-bond donors (Lipinski definition) is 0. The Labute approximate surface area is 167 Å². The van der Waals surface area contributed by atoms with Crippen LogP contribution in [0.2, 0.25) is 0 Å². The van der Waals surface area contributed by atoms with Gasteiger partial charge >= 0.3 is 0 Å². The topological polar surface area (TPSA) is 0 Å². The summed E-state index contributed by atoms with van der Waals surface area (Å²) in [5.41, 5.74) is 12.1. The standard InChI is InChI=1S/C20H16Br2S2/c1-7-11-5-13(21)23-19(11)17-10(4)16-8(2)12-6-14(22)24-20(12)18(16)9(3)15(7)17/h5-8H,1-4H3. The van der Waals surface area contributed by atoms with Gasteiger partial charge in [0, 0.05) is 21.6 Å². The molecule has 0 bridgehead atoms. The van der Waals surface area contributed by atoms with E-state index in [1.165, 1.54) is 50.7 Å². The molecule has 0 saturated heterocycles. The molecule has 0 amide bonds. The van der Waals surface area contributed by atoms with Gasteiger partial charge in [0.25, 0.3) is 0 Å². The molecule has 5 rings (SSSR count). The molecule has 0 nitrogen and oxygen atoms in total. The Balaban J connectivity index is 1.91. The molecule has 2 aromatic heterocycles. The quantitative estimate of drug-likeness (QED) is 0.304. The number of hydrogen-bond acceptors (Lipinski definition) is 2. The van der Waals surface area contributed by atoms with Gasteiger partial charge in [-0.2, -0.15) is 0 Å². The average molecular weight is 480 g/mol. The first-order valence-corrected chi connectivity index (χ1v) is 11.4. The Bertz CT molecular complexity index is 955. The van der Waals surface area contributed by atoms with Crippen molar-refractivity contribution >= 4 is 54.5 Å². The van der Waals surface area contributed by atoms with Crippen LogP contribution in [0.3, 0.4) is 0 Å². The Morgan fingerprint density at radius 1 is 0.750 bits per heavy atom. The third-order valence-corrected chi connectivity index (χ3v) is 9.15. The highest BCUT2D eigenvalue weighted by Gasteiger charge is 2.38. The first-order valence-electron chi connectivity index (χ1n) is 8.16. The van der Waals surface area contributed by atoms with Gasteiger partial charge in [-0.3, -0.25) is 0 Å². The molecule has 24 heavy (non-hydrogen) atoms. The van der Waals surface area contributed by atoms with Gasteiger partial charge in [0.1, 0.15) is 0 Å². The van der Waals surface area contributed by atoms with Crippen molar-refractivity contribution in [3.8, 4) is 20.9 Å². The Morgan fingerprint density at radius 3 is 1.50 bits per heavy atom. The van der Waals surface area contributed by atoms with Crippen molar-refractivity contribution in [1.82, 2.24) is 0 Å². The van der Waals surface area contributed by atoms with E-state index in [4.69, 9.17) is 0 Å². The van der Waals surface area contributed by atoms with Crippen LogP contribution in [0.4, 0.5) is 0 Å². The average Bonchev–Trinajstić information content (AvgIpc) is 3.20. The van der Waals surface area contributed by atoms with Crippen LogP contribution in [-0.2, 0) is 0 Å². The molecule has 1 aromatic carbocycles. The number of rotatable bonds is 0. The van der Waals surface area contributed by atoms with Crippen LogP contribution in [0.15, 0.2) is 19.7 Å². The van der Waals surface area contributed by atoms with Gasteiger partial charge in [0.15, 0.2) is 0 Å². The number of halogens is 2. The largest absolute Gasteiger partial charge is 0.128 e. The van der Waals surface area contributed by atoms with Crippen molar-refractivity contribution in [2.24, 2.45) is 0 Å². The van der Waals surface area contributed by atoms with Crippen LogP contribution >= 0.6 is 54.5 Å². The molecule has 2 heterocycles. The molecule has 2 aliphatic rings. The predicted molar refractivity (Wildman–Crippen MR) is 113 cm³/mol. The first kappa shape index (κ1) is 15.8. The molecule has 0 N–H and O–H groups in total. The lowest BCUT2D eigenvalue weighted by molar-refractivity contribution is 0.925. The van der Waals surface area contributed by atoms with Crippen molar-refractivity contribution in [3.63, 3.8) is 0 Å². The summed E-state index contributed by atoms with van der Waals surface area (Å²) in [6, 6.07) is 4.65. The maximum atomic E-state index is 3.69. The number of thiophene rings is 2. The summed E-state index contributed by atoms with van der Waals surface area (Å²) < 4.78 is 2.50. The zero-order chi connectivity index (χ0) is 16.9. The van der Waals surface area contributed by atoms with Crippen LogP contribution in [0.25, 0.3) is 20.9 Å². The third kappa shape index (κ3) is 1.78. The van der Waals surface area contributed by atoms with Crippen LogP contribution in [-0.4, -0.2) is 0 Å². The minimum atomic E-state index is 0.490. The summed E-state index contributed by atoms with van der Waals surface area (Å²) in [7, 11) is 0. The number of benzene rings is 1. The maximum absolute atomic E-state index is 3.69. The molecular weight excluding hydrogens is 464 g/mol. The van der Waals surface area contributed by atoms with Crippen LogP contribution < -0.4 is 0 Å². The Hall–Kier alpha value is -0.420. The van der Waals surface area contributed by atoms with E-state index in [2.05, 4.69) is 71.7 Å². The van der Waals surface area contributed by atoms with Crippen LogP contribution in [0.5, 0.6) is 0 Å². The molecule has 0 spiro atoms. The van der Waals surface area contributed by atoms with Crippen LogP contribution in [0, 0.1) is 13.8 Å². The van der Waals surface area contributed by atoms with E-state index >= 15 is 0 Å². The van der Waals surface area contributed by atoms with Crippen molar-refractivity contribution < 1.29 is 0 Å². The van der Waals surface area contributed by atoms with E-state index in [0.29, 0.717) is 11.8 Å². The first-order chi connectivity index (χ1) is 11.4. The smallest absolute Gasteiger partial charge is 0.0708 e. The molecule has 0 fully saturated rings. The highest BCUT2D eigenvalue weighted by molar-refractivity contribution is 9.11. The fourth-order valence-corrected chi connectivity index (χ4v) is 8.47. The second-order valence-corrected chi connectivity index (χ2v) is 11.8. The van der Waals surface area contributed by atoms with E-state index < -0.39 is 0 Å². The lowest BCUT2D eigenvalue weighted by atomic mass is 9.85. The molecule has 2 aliphatic carbocycles. The van der Waals surface area contributed by atoms with Crippen molar-refractivity contribution in [1.29, 1.82) is 0 Å². The molecule has 3 aromatic rings. The lowest BCUT2D eigenvalue weighted by Crippen LogP contribution is -2.01. The molecule has 0 aliphatic heterocycles. The summed E-state index contributed by atoms with van der Waals surface area (Å²) in [4.78, 5) is 2.97. The number of fused-ring (bicyclic) bond motifs is 6. The second kappa shape index (κ2) is 5.06. The minimum absolute atomic E-state index is 0.490. The predicted octanol–water partition coefficient (Wildman–Crippen LogP) is 8.22. The van der Waals surface area contributed by atoms with Crippen molar-refractivity contribution in [2.75, 3.05) is 0 Å². The molecule has 2 atom stereocenters. The van der Waals surface area contributed by atoms with Crippen molar-refractivity contribution in [3.05, 3.63) is 53.1 Å². The van der Waals surface area contributed by atoms with Gasteiger partial charge < -0.3 is 0 Å². The molecule has 2 unspecified atom stereocenters. The molecule has 0 saturated carbocycles. The summed E-state index contributed by atoms with van der Waals surface area (Å²) >= 11 is 11.2. The summed E-state index contributed by atoms with van der Waals surface area (Å²) in [6.45, 7) is 9.42. The monoisotopic (exact) mass is 478 g/mol. The van der Waals surface area contributed by atoms with Gasteiger partial charge in [0.2, 0.25) is 0 Å². The lowest BCUT2D eigenvalue weighted by Gasteiger charge is -2.20. The second-order valence-electron chi connectivity index (χ2n) is 6.94. The molecule has 0 radical (unpaired) electrons. The molecule has 4 heteroatoms. The zero-order valence-corrected chi connectivity index (χ0v) is 18.7. The van der Waals surface area contributed by atoms with E-state index in [-0.39, 0.29) is 0 Å². The van der Waals surface area contributed by atoms with E-state index in [9.17, 15) is 0 Å². The van der Waals surface area contributed by atoms with Gasteiger partial charge in [-0.05, 0) is 102 Å². The van der Waals surface area contributed by atoms with Gasteiger partial charge in [-0.15, -0.1) is 22.7 Å². The van der Waals surface area contributed by atoms with Gasteiger partial charge in [0.05, 0.1) is 7.57 Å². The highest BCUT2D eigenvalue weighted by atomic mass is 79.9.